The Morgan fingerprint density at radius 3 is 2.53 bits per heavy atom. The fraction of sp³-hybridized carbons (Fsp3) is 0.714. The van der Waals surface area contributed by atoms with E-state index in [0.717, 1.165) is 25.2 Å². The normalized spacial score (nSPS) is 37.3. The van der Waals surface area contributed by atoms with Crippen LogP contribution in [0, 0.1) is 35.0 Å². The Bertz CT molecular complexity index is 697. The number of hydrogen-bond donors (Lipinski definition) is 1. The first-order valence-corrected chi connectivity index (χ1v) is 12.3. The van der Waals surface area contributed by atoms with E-state index >= 15 is 0 Å². The van der Waals surface area contributed by atoms with E-state index in [0.29, 0.717) is 29.1 Å². The van der Waals surface area contributed by atoms with Crippen LogP contribution in [0.2, 0.25) is 0 Å². The number of fused-ring (bicyclic) bond motifs is 1. The van der Waals surface area contributed by atoms with Crippen LogP contribution < -0.4 is 0 Å². The van der Waals surface area contributed by atoms with Crippen LogP contribution in [0.15, 0.2) is 47.6 Å². The van der Waals surface area contributed by atoms with Crippen molar-refractivity contribution in [2.45, 2.75) is 92.1 Å². The minimum Gasteiger partial charge on any atom is -0.252 e. The molecule has 30 heavy (non-hydrogen) atoms. The summed E-state index contributed by atoms with van der Waals surface area (Å²) in [6, 6.07) is 0. The Kier molecular flexibility index (Phi) is 7.85. The first-order valence-electron chi connectivity index (χ1n) is 12.3. The summed E-state index contributed by atoms with van der Waals surface area (Å²) in [5.74, 6) is 3.52. The van der Waals surface area contributed by atoms with Crippen LogP contribution in [0.5, 0.6) is 0 Å². The van der Waals surface area contributed by atoms with Gasteiger partial charge in [0, 0.05) is 6.42 Å². The van der Waals surface area contributed by atoms with Gasteiger partial charge in [-0.15, -0.1) is 0 Å². The first-order chi connectivity index (χ1) is 14.3. The molecule has 0 heterocycles. The lowest BCUT2D eigenvalue weighted by Gasteiger charge is -2.44. The molecule has 0 aromatic heterocycles. The van der Waals surface area contributed by atoms with Gasteiger partial charge in [0.05, 0.1) is 6.10 Å². The van der Waals surface area contributed by atoms with Gasteiger partial charge in [-0.1, -0.05) is 76.6 Å². The van der Waals surface area contributed by atoms with Gasteiger partial charge < -0.3 is 0 Å². The van der Waals surface area contributed by atoms with Gasteiger partial charge in [0.2, 0.25) is 0 Å². The van der Waals surface area contributed by atoms with E-state index in [9.17, 15) is 0 Å². The van der Waals surface area contributed by atoms with Gasteiger partial charge >= 0.3 is 0 Å². The van der Waals surface area contributed by atoms with Crippen LogP contribution >= 0.6 is 0 Å². The third-order valence-corrected chi connectivity index (χ3v) is 8.76. The van der Waals surface area contributed by atoms with Gasteiger partial charge in [-0.3, -0.25) is 5.26 Å². The molecule has 0 spiro atoms. The number of hydrogen-bond acceptors (Lipinski definition) is 2. The molecule has 3 aliphatic rings. The van der Waals surface area contributed by atoms with Gasteiger partial charge in [0.1, 0.15) is 0 Å². The van der Waals surface area contributed by atoms with Crippen molar-refractivity contribution in [2.24, 2.45) is 35.0 Å². The molecule has 3 fully saturated rings. The highest BCUT2D eigenvalue weighted by molar-refractivity contribution is 5.36. The zero-order chi connectivity index (χ0) is 21.9. The van der Waals surface area contributed by atoms with Crippen LogP contribution in [-0.4, -0.2) is 11.4 Å². The predicted molar refractivity (Wildman–Crippen MR) is 127 cm³/mol. The van der Waals surface area contributed by atoms with Crippen LogP contribution in [0.3, 0.4) is 0 Å². The molecule has 0 amide bonds. The second-order valence-electron chi connectivity index (χ2n) is 11.0. The third-order valence-electron chi connectivity index (χ3n) is 8.76. The van der Waals surface area contributed by atoms with Crippen molar-refractivity contribution in [1.82, 2.24) is 0 Å². The molecule has 0 aliphatic heterocycles. The molecule has 1 N–H and O–H groups in total. The van der Waals surface area contributed by atoms with E-state index in [1.807, 2.05) is 0 Å². The van der Waals surface area contributed by atoms with E-state index in [1.165, 1.54) is 43.3 Å². The zero-order valence-electron chi connectivity index (χ0n) is 20.0. The molecular weight excluding hydrogens is 368 g/mol. The average molecular weight is 413 g/mol. The molecule has 0 radical (unpaired) electrons. The van der Waals surface area contributed by atoms with E-state index < -0.39 is 0 Å². The van der Waals surface area contributed by atoms with Crippen molar-refractivity contribution in [3.8, 4) is 0 Å². The van der Waals surface area contributed by atoms with E-state index in [1.54, 1.807) is 5.57 Å². The second kappa shape index (κ2) is 10.0. The van der Waals surface area contributed by atoms with Crippen molar-refractivity contribution in [2.75, 3.05) is 0 Å². The molecule has 3 rings (SSSR count). The van der Waals surface area contributed by atoms with Gasteiger partial charge in [0.25, 0.3) is 0 Å². The van der Waals surface area contributed by atoms with Crippen LogP contribution in [0.4, 0.5) is 0 Å². The molecule has 6 atom stereocenters. The molecular formula is C28H44O2. The van der Waals surface area contributed by atoms with Crippen molar-refractivity contribution in [1.29, 1.82) is 0 Å². The van der Waals surface area contributed by atoms with Crippen molar-refractivity contribution in [3.05, 3.63) is 47.6 Å². The summed E-state index contributed by atoms with van der Waals surface area (Å²) in [4.78, 5) is 4.63. The SMILES string of the molecule is C=C1CCC(OO)CC1=CC=C1CCCC2(C)C1CCC2C(C)C=CC(C)C(C)C. The quantitative estimate of drug-likeness (QED) is 0.271. The molecule has 3 aliphatic carbocycles. The van der Waals surface area contributed by atoms with E-state index in [2.05, 4.69) is 70.4 Å². The molecule has 0 aromatic carbocycles. The maximum atomic E-state index is 9.08. The molecule has 0 aromatic rings. The highest BCUT2D eigenvalue weighted by atomic mass is 17.1. The minimum atomic E-state index is -0.0755. The van der Waals surface area contributed by atoms with Crippen molar-refractivity contribution >= 4 is 0 Å². The summed E-state index contributed by atoms with van der Waals surface area (Å²) in [6.45, 7) is 16.2. The fourth-order valence-corrected chi connectivity index (χ4v) is 6.32. The van der Waals surface area contributed by atoms with Gasteiger partial charge in [-0.25, -0.2) is 4.89 Å². The Labute approximate surface area is 185 Å². The van der Waals surface area contributed by atoms with Crippen LogP contribution in [-0.2, 0) is 4.89 Å². The third kappa shape index (κ3) is 5.02. The molecule has 2 heteroatoms. The summed E-state index contributed by atoms with van der Waals surface area (Å²) in [7, 11) is 0. The van der Waals surface area contributed by atoms with Crippen molar-refractivity contribution < 1.29 is 10.1 Å². The maximum Gasteiger partial charge on any atom is 0.0970 e. The summed E-state index contributed by atoms with van der Waals surface area (Å²) >= 11 is 0. The molecule has 0 bridgehead atoms. The lowest BCUT2D eigenvalue weighted by molar-refractivity contribution is -0.280. The summed E-state index contributed by atoms with van der Waals surface area (Å²) in [6.07, 6.45) is 18.7. The highest BCUT2D eigenvalue weighted by Gasteiger charge is 2.50. The Morgan fingerprint density at radius 1 is 1.07 bits per heavy atom. The lowest BCUT2D eigenvalue weighted by atomic mass is 9.61. The van der Waals surface area contributed by atoms with Gasteiger partial charge in [-0.05, 0) is 85.5 Å². The van der Waals surface area contributed by atoms with Gasteiger partial charge in [0.15, 0.2) is 0 Å². The van der Waals surface area contributed by atoms with Crippen LogP contribution in [0.25, 0.3) is 0 Å². The van der Waals surface area contributed by atoms with E-state index in [-0.39, 0.29) is 6.10 Å². The summed E-state index contributed by atoms with van der Waals surface area (Å²) in [5.41, 5.74) is 4.54. The smallest absolute Gasteiger partial charge is 0.0970 e. The standard InChI is InChI=1S/C28H44O2/c1-19(2)20(3)9-10-22(5)26-15-16-27-23(8-7-17-28(26,27)6)12-13-24-18-25(30-29)14-11-21(24)4/h9-10,12-13,19-20,22,25-27,29H,4,7-8,11,14-18H2,1-3,5-6H3. The van der Waals surface area contributed by atoms with Gasteiger partial charge in [-0.2, -0.15) is 0 Å². The molecule has 168 valence electrons. The minimum absolute atomic E-state index is 0.0755. The summed E-state index contributed by atoms with van der Waals surface area (Å²) in [5, 5.41) is 9.08. The largest absolute Gasteiger partial charge is 0.252 e. The zero-order valence-corrected chi connectivity index (χ0v) is 20.0. The molecule has 0 saturated heterocycles. The Balaban J connectivity index is 1.75. The predicted octanol–water partition coefficient (Wildman–Crippen LogP) is 8.14. The Hall–Kier alpha value is -1.12. The van der Waals surface area contributed by atoms with Crippen LogP contribution in [0.1, 0.15) is 86.0 Å². The second-order valence-corrected chi connectivity index (χ2v) is 11.0. The topological polar surface area (TPSA) is 29.5 Å². The monoisotopic (exact) mass is 412 g/mol. The number of rotatable bonds is 6. The Morgan fingerprint density at radius 2 is 1.83 bits per heavy atom. The molecule has 2 nitrogen and oxygen atoms in total. The van der Waals surface area contributed by atoms with E-state index in [4.69, 9.17) is 5.26 Å². The number of allylic oxidation sites excluding steroid dienone is 6. The maximum absolute atomic E-state index is 9.08. The van der Waals surface area contributed by atoms with Crippen molar-refractivity contribution in [3.63, 3.8) is 0 Å². The molecule has 3 saturated carbocycles. The lowest BCUT2D eigenvalue weighted by Crippen LogP contribution is -2.35. The first kappa shape index (κ1) is 23.5. The average Bonchev–Trinajstić information content (AvgIpc) is 3.08. The molecule has 6 unspecified atom stereocenters. The fourth-order valence-electron chi connectivity index (χ4n) is 6.32. The summed E-state index contributed by atoms with van der Waals surface area (Å²) < 4.78 is 0. The highest BCUT2D eigenvalue weighted by Crippen LogP contribution is 2.59.